The molecule has 0 unspecified atom stereocenters. The second-order valence-corrected chi connectivity index (χ2v) is 6.78. The molecule has 8 heteroatoms. The highest BCUT2D eigenvalue weighted by Gasteiger charge is 2.33. The number of imidazole rings is 1. The Bertz CT molecular complexity index is 1080. The van der Waals surface area contributed by atoms with E-state index in [-0.39, 0.29) is 11.9 Å². The van der Waals surface area contributed by atoms with Crippen LogP contribution in [0.25, 0.3) is 11.4 Å². The quantitative estimate of drug-likeness (QED) is 0.588. The Morgan fingerprint density at radius 1 is 1.21 bits per heavy atom. The second kappa shape index (κ2) is 6.97. The van der Waals surface area contributed by atoms with Crippen LogP contribution in [0, 0.1) is 5.82 Å². The van der Waals surface area contributed by atoms with Crippen LogP contribution in [-0.2, 0) is 19.5 Å². The third-order valence-electron chi connectivity index (χ3n) is 4.93. The average Bonchev–Trinajstić information content (AvgIpc) is 3.38. The van der Waals surface area contributed by atoms with Crippen LogP contribution in [0.5, 0.6) is 0 Å². The van der Waals surface area contributed by atoms with Crippen molar-refractivity contribution in [3.05, 3.63) is 83.8 Å². The minimum atomic E-state index is -0.298. The summed E-state index contributed by atoms with van der Waals surface area (Å²) in [5.74, 6) is 0.675. The summed E-state index contributed by atoms with van der Waals surface area (Å²) in [6.07, 6.45) is 6.01. The molecule has 1 aromatic carbocycles. The maximum atomic E-state index is 13.2. The molecule has 1 aliphatic heterocycles. The summed E-state index contributed by atoms with van der Waals surface area (Å²) in [5.41, 5.74) is 3.92. The molecule has 0 saturated carbocycles. The molecular weight excluding hydrogens is 359 g/mol. The highest BCUT2D eigenvalue weighted by molar-refractivity contribution is 5.53. The summed E-state index contributed by atoms with van der Waals surface area (Å²) < 4.78 is 18.8. The number of nitrogens with zero attached hydrogens (tertiary/aromatic N) is 5. The van der Waals surface area contributed by atoms with Crippen molar-refractivity contribution in [2.45, 2.75) is 25.6 Å². The molecule has 0 bridgehead atoms. The number of benzene rings is 1. The molecular formula is C20H17FN6O. The zero-order valence-corrected chi connectivity index (χ0v) is 14.9. The van der Waals surface area contributed by atoms with Crippen molar-refractivity contribution < 1.29 is 8.91 Å². The topological polar surface area (TPSA) is 83.7 Å². The van der Waals surface area contributed by atoms with E-state index in [1.807, 2.05) is 18.3 Å². The van der Waals surface area contributed by atoms with Gasteiger partial charge in [0.15, 0.2) is 0 Å². The van der Waals surface area contributed by atoms with Crippen molar-refractivity contribution in [3.8, 4) is 11.4 Å². The van der Waals surface area contributed by atoms with Gasteiger partial charge in [0.1, 0.15) is 5.82 Å². The number of nitrogens with one attached hydrogen (secondary N) is 1. The van der Waals surface area contributed by atoms with Crippen molar-refractivity contribution in [1.29, 1.82) is 0 Å². The first-order chi connectivity index (χ1) is 13.8. The SMILES string of the molecule is Fc1ccc(-c2noc([C@@H]3Cc4nc[nH]c4CN3Cc3cccnc3)n2)cc1. The van der Waals surface area contributed by atoms with Crippen molar-refractivity contribution in [2.75, 3.05) is 0 Å². The van der Waals surface area contributed by atoms with Gasteiger partial charge >= 0.3 is 0 Å². The molecule has 0 fully saturated rings. The fourth-order valence-corrected chi connectivity index (χ4v) is 3.51. The van der Waals surface area contributed by atoms with Gasteiger partial charge in [-0.2, -0.15) is 4.98 Å². The summed E-state index contributed by atoms with van der Waals surface area (Å²) in [6, 6.07) is 9.93. The lowest BCUT2D eigenvalue weighted by molar-refractivity contribution is 0.128. The first kappa shape index (κ1) is 16.8. The maximum Gasteiger partial charge on any atom is 0.244 e. The molecule has 0 spiro atoms. The number of rotatable bonds is 4. The third-order valence-corrected chi connectivity index (χ3v) is 4.93. The van der Waals surface area contributed by atoms with Crippen molar-refractivity contribution in [3.63, 3.8) is 0 Å². The summed E-state index contributed by atoms with van der Waals surface area (Å²) in [5, 5.41) is 4.10. The van der Waals surface area contributed by atoms with E-state index in [1.165, 1.54) is 12.1 Å². The molecule has 0 radical (unpaired) electrons. The van der Waals surface area contributed by atoms with Gasteiger partial charge in [-0.1, -0.05) is 11.2 Å². The lowest BCUT2D eigenvalue weighted by atomic mass is 10.0. The molecule has 1 aliphatic rings. The lowest BCUT2D eigenvalue weighted by Crippen LogP contribution is -2.34. The molecule has 4 aromatic rings. The number of hydrogen-bond donors (Lipinski definition) is 1. The number of pyridine rings is 1. The molecule has 1 N–H and O–H groups in total. The molecule has 0 saturated heterocycles. The monoisotopic (exact) mass is 376 g/mol. The summed E-state index contributed by atoms with van der Waals surface area (Å²) in [4.78, 5) is 18.7. The molecule has 0 amide bonds. The normalized spacial score (nSPS) is 16.8. The molecule has 7 nitrogen and oxygen atoms in total. The Hall–Kier alpha value is -3.39. The van der Waals surface area contributed by atoms with Crippen LogP contribution in [0.15, 0.2) is 59.6 Å². The van der Waals surface area contributed by atoms with Crippen molar-refractivity contribution >= 4 is 0 Å². The van der Waals surface area contributed by atoms with E-state index >= 15 is 0 Å². The molecule has 3 aromatic heterocycles. The number of H-pyrrole nitrogens is 1. The van der Waals surface area contributed by atoms with Crippen LogP contribution in [0.3, 0.4) is 0 Å². The Labute approximate surface area is 160 Å². The molecule has 4 heterocycles. The van der Waals surface area contributed by atoms with Crippen LogP contribution in [0.4, 0.5) is 4.39 Å². The van der Waals surface area contributed by atoms with E-state index in [0.717, 1.165) is 17.0 Å². The zero-order valence-electron chi connectivity index (χ0n) is 14.9. The number of aromatic amines is 1. The van der Waals surface area contributed by atoms with Gasteiger partial charge in [0, 0.05) is 37.5 Å². The molecule has 1 atom stereocenters. The van der Waals surface area contributed by atoms with Gasteiger partial charge in [0.2, 0.25) is 11.7 Å². The Morgan fingerprint density at radius 2 is 2.11 bits per heavy atom. The largest absolute Gasteiger partial charge is 0.347 e. The van der Waals surface area contributed by atoms with Gasteiger partial charge in [0.25, 0.3) is 0 Å². The van der Waals surface area contributed by atoms with Gasteiger partial charge < -0.3 is 9.51 Å². The standard InChI is InChI=1S/C20H17FN6O/c21-15-5-3-14(4-6-15)19-25-20(28-26-19)18-8-16-17(24-12-23-16)11-27(18)10-13-2-1-7-22-9-13/h1-7,9,12,18H,8,10-11H2,(H,23,24)/t18-/m0/s1. The van der Waals surface area contributed by atoms with E-state index in [9.17, 15) is 4.39 Å². The van der Waals surface area contributed by atoms with E-state index < -0.39 is 0 Å². The highest BCUT2D eigenvalue weighted by Crippen LogP contribution is 2.33. The minimum absolute atomic E-state index is 0.0993. The predicted octanol–water partition coefficient (Wildman–Crippen LogP) is 3.29. The van der Waals surface area contributed by atoms with E-state index in [4.69, 9.17) is 4.52 Å². The number of fused-ring (bicyclic) bond motifs is 1. The van der Waals surface area contributed by atoms with Gasteiger partial charge in [-0.3, -0.25) is 9.88 Å². The van der Waals surface area contributed by atoms with Crippen LogP contribution in [-0.4, -0.2) is 30.0 Å². The van der Waals surface area contributed by atoms with Crippen molar-refractivity contribution in [2.24, 2.45) is 0 Å². The van der Waals surface area contributed by atoms with Gasteiger partial charge in [-0.15, -0.1) is 0 Å². The Kier molecular flexibility index (Phi) is 4.17. The fraction of sp³-hybridized carbons (Fsp3) is 0.200. The van der Waals surface area contributed by atoms with Gasteiger partial charge in [-0.05, 0) is 35.9 Å². The van der Waals surface area contributed by atoms with Crippen LogP contribution in [0.1, 0.15) is 28.9 Å². The first-order valence-corrected chi connectivity index (χ1v) is 9.00. The van der Waals surface area contributed by atoms with Crippen LogP contribution in [0.2, 0.25) is 0 Å². The molecule has 28 heavy (non-hydrogen) atoms. The van der Waals surface area contributed by atoms with Crippen molar-refractivity contribution in [1.82, 2.24) is 30.0 Å². The summed E-state index contributed by atoms with van der Waals surface area (Å²) in [6.45, 7) is 1.40. The zero-order chi connectivity index (χ0) is 18.9. The smallest absolute Gasteiger partial charge is 0.244 e. The minimum Gasteiger partial charge on any atom is -0.347 e. The molecule has 5 rings (SSSR count). The number of hydrogen-bond acceptors (Lipinski definition) is 6. The lowest BCUT2D eigenvalue weighted by Gasteiger charge is -2.32. The summed E-state index contributed by atoms with van der Waals surface area (Å²) in [7, 11) is 0. The first-order valence-electron chi connectivity index (χ1n) is 9.00. The number of aromatic nitrogens is 5. The fourth-order valence-electron chi connectivity index (χ4n) is 3.51. The second-order valence-electron chi connectivity index (χ2n) is 6.78. The Morgan fingerprint density at radius 3 is 2.93 bits per heavy atom. The highest BCUT2D eigenvalue weighted by atomic mass is 19.1. The van der Waals surface area contributed by atoms with Gasteiger partial charge in [-0.25, -0.2) is 9.37 Å². The maximum absolute atomic E-state index is 13.2. The molecule has 0 aliphatic carbocycles. The molecule has 140 valence electrons. The van der Waals surface area contributed by atoms with Crippen LogP contribution >= 0.6 is 0 Å². The van der Waals surface area contributed by atoms with E-state index in [2.05, 4.69) is 30.0 Å². The van der Waals surface area contributed by atoms with E-state index in [1.54, 1.807) is 24.7 Å². The number of halogens is 1. The average molecular weight is 376 g/mol. The van der Waals surface area contributed by atoms with Crippen LogP contribution < -0.4 is 0 Å². The third kappa shape index (κ3) is 3.18. The van der Waals surface area contributed by atoms with Gasteiger partial charge in [0.05, 0.1) is 23.8 Å². The predicted molar refractivity (Wildman–Crippen MR) is 98.2 cm³/mol. The Balaban J connectivity index is 1.46. The van der Waals surface area contributed by atoms with E-state index in [0.29, 0.717) is 36.8 Å². The summed E-state index contributed by atoms with van der Waals surface area (Å²) >= 11 is 0.